The van der Waals surface area contributed by atoms with Gasteiger partial charge in [-0.1, -0.05) is 20.3 Å². The van der Waals surface area contributed by atoms with Crippen LogP contribution in [0.25, 0.3) is 0 Å². The lowest BCUT2D eigenvalue weighted by atomic mass is 10.1. The molecule has 0 saturated carbocycles. The van der Waals surface area contributed by atoms with Gasteiger partial charge in [-0.25, -0.2) is 13.2 Å². The Labute approximate surface area is 129 Å². The first-order valence-corrected chi connectivity index (χ1v) is 8.90. The molecule has 7 heteroatoms. The van der Waals surface area contributed by atoms with Crippen molar-refractivity contribution < 1.29 is 22.7 Å². The average Bonchev–Trinajstić information content (AvgIpc) is 2.43. The number of hydrogen-bond acceptors (Lipinski definition) is 5. The van der Waals surface area contributed by atoms with Gasteiger partial charge in [0.25, 0.3) is 9.05 Å². The molecule has 0 fully saturated rings. The zero-order valence-corrected chi connectivity index (χ0v) is 13.8. The minimum atomic E-state index is -4.00. The van der Waals surface area contributed by atoms with E-state index in [0.29, 0.717) is 6.61 Å². The van der Waals surface area contributed by atoms with Crippen molar-refractivity contribution in [2.45, 2.75) is 31.6 Å². The minimum absolute atomic E-state index is 0.0842. The Kier molecular flexibility index (Phi) is 6.48. The van der Waals surface area contributed by atoms with Crippen molar-refractivity contribution in [1.29, 1.82) is 0 Å². The molecule has 1 atom stereocenters. The fraction of sp³-hybridized carbons (Fsp3) is 0.500. The van der Waals surface area contributed by atoms with Crippen molar-refractivity contribution in [1.82, 2.24) is 0 Å². The maximum Gasteiger partial charge on any atom is 0.338 e. The molecule has 1 aromatic carbocycles. The number of rotatable bonds is 7. The van der Waals surface area contributed by atoms with E-state index >= 15 is 0 Å². The zero-order chi connectivity index (χ0) is 16.0. The molecule has 0 aliphatic carbocycles. The number of halogens is 1. The summed E-state index contributed by atoms with van der Waals surface area (Å²) in [5.41, 5.74) is 0.124. The van der Waals surface area contributed by atoms with E-state index in [2.05, 4.69) is 6.92 Å². The number of benzene rings is 1. The van der Waals surface area contributed by atoms with E-state index in [4.69, 9.17) is 20.2 Å². The summed E-state index contributed by atoms with van der Waals surface area (Å²) in [5.74, 6) is -0.239. The highest BCUT2D eigenvalue weighted by Gasteiger charge is 2.20. The van der Waals surface area contributed by atoms with E-state index in [-0.39, 0.29) is 22.1 Å². The summed E-state index contributed by atoms with van der Waals surface area (Å²) in [6.45, 7) is 4.33. The highest BCUT2D eigenvalue weighted by atomic mass is 35.7. The average molecular weight is 335 g/mol. The first-order chi connectivity index (χ1) is 9.79. The highest BCUT2D eigenvalue weighted by Crippen LogP contribution is 2.28. The summed E-state index contributed by atoms with van der Waals surface area (Å²) in [7, 11) is 2.65. The summed E-state index contributed by atoms with van der Waals surface area (Å²) in [4.78, 5) is 11.7. The fourth-order valence-electron chi connectivity index (χ4n) is 1.87. The van der Waals surface area contributed by atoms with Gasteiger partial charge in [0.05, 0.1) is 19.3 Å². The van der Waals surface area contributed by atoms with Gasteiger partial charge in [0.15, 0.2) is 0 Å². The summed E-state index contributed by atoms with van der Waals surface area (Å²) < 4.78 is 33.0. The number of esters is 1. The quantitative estimate of drug-likeness (QED) is 0.565. The highest BCUT2D eigenvalue weighted by molar-refractivity contribution is 8.13. The molecular formula is C14H19ClO5S. The molecule has 0 amide bonds. The molecule has 0 aromatic heterocycles. The topological polar surface area (TPSA) is 69.7 Å². The van der Waals surface area contributed by atoms with Crippen molar-refractivity contribution in [3.05, 3.63) is 23.8 Å². The molecule has 0 bridgehead atoms. The molecule has 118 valence electrons. The third-order valence-electron chi connectivity index (χ3n) is 2.94. The SMILES string of the molecule is CCCC(C)COC(=O)c1ccc(OC)c(S(=O)(=O)Cl)c1. The Morgan fingerprint density at radius 3 is 2.57 bits per heavy atom. The van der Waals surface area contributed by atoms with E-state index < -0.39 is 15.0 Å². The van der Waals surface area contributed by atoms with Crippen LogP contribution in [0.2, 0.25) is 0 Å². The van der Waals surface area contributed by atoms with Gasteiger partial charge in [-0.3, -0.25) is 0 Å². The maximum absolute atomic E-state index is 11.9. The minimum Gasteiger partial charge on any atom is -0.495 e. The van der Waals surface area contributed by atoms with Crippen LogP contribution in [0.3, 0.4) is 0 Å². The second-order valence-corrected chi connectivity index (χ2v) is 7.33. The van der Waals surface area contributed by atoms with E-state index in [1.807, 2.05) is 6.92 Å². The van der Waals surface area contributed by atoms with E-state index in [0.717, 1.165) is 18.9 Å². The Morgan fingerprint density at radius 1 is 1.38 bits per heavy atom. The van der Waals surface area contributed by atoms with Crippen molar-refractivity contribution >= 4 is 25.7 Å². The van der Waals surface area contributed by atoms with Crippen molar-refractivity contribution in [2.75, 3.05) is 13.7 Å². The van der Waals surface area contributed by atoms with Crippen LogP contribution >= 0.6 is 10.7 Å². The summed E-state index contributed by atoms with van der Waals surface area (Å²) in [6.07, 6.45) is 1.97. The van der Waals surface area contributed by atoms with Crippen molar-refractivity contribution in [3.8, 4) is 5.75 Å². The maximum atomic E-state index is 11.9. The van der Waals surface area contributed by atoms with Gasteiger partial charge in [-0.2, -0.15) is 0 Å². The van der Waals surface area contributed by atoms with Gasteiger partial charge in [-0.05, 0) is 30.5 Å². The molecule has 1 rings (SSSR count). The molecule has 1 aromatic rings. The van der Waals surface area contributed by atoms with Crippen molar-refractivity contribution in [3.63, 3.8) is 0 Å². The summed E-state index contributed by atoms with van der Waals surface area (Å²) >= 11 is 0. The van der Waals surface area contributed by atoms with E-state index in [1.54, 1.807) is 0 Å². The van der Waals surface area contributed by atoms with Crippen LogP contribution in [0, 0.1) is 5.92 Å². The van der Waals surface area contributed by atoms with Crippen LogP contribution in [-0.2, 0) is 13.8 Å². The predicted molar refractivity (Wildman–Crippen MR) is 80.4 cm³/mol. The first-order valence-electron chi connectivity index (χ1n) is 6.59. The number of carbonyl (C=O) groups excluding carboxylic acids is 1. The molecule has 0 aliphatic heterocycles. The molecule has 0 spiro atoms. The van der Waals surface area contributed by atoms with Crippen LogP contribution in [0.15, 0.2) is 23.1 Å². The largest absolute Gasteiger partial charge is 0.495 e. The predicted octanol–water partition coefficient (Wildman–Crippen LogP) is 3.22. The third kappa shape index (κ3) is 5.21. The summed E-state index contributed by atoms with van der Waals surface area (Å²) in [5, 5.41) is 0. The number of ether oxygens (including phenoxy) is 2. The summed E-state index contributed by atoms with van der Waals surface area (Å²) in [6, 6.07) is 3.98. The lowest BCUT2D eigenvalue weighted by Crippen LogP contribution is -2.12. The van der Waals surface area contributed by atoms with Gasteiger partial charge < -0.3 is 9.47 Å². The Morgan fingerprint density at radius 2 is 2.05 bits per heavy atom. The molecule has 0 aliphatic rings. The molecule has 0 radical (unpaired) electrons. The molecule has 1 unspecified atom stereocenters. The molecule has 0 saturated heterocycles. The van der Waals surface area contributed by atoms with E-state index in [1.165, 1.54) is 19.2 Å². The second kappa shape index (κ2) is 7.66. The molecule has 5 nitrogen and oxygen atoms in total. The lowest BCUT2D eigenvalue weighted by Gasteiger charge is -2.12. The van der Waals surface area contributed by atoms with Gasteiger partial charge in [0, 0.05) is 10.7 Å². The molecule has 21 heavy (non-hydrogen) atoms. The normalized spacial score (nSPS) is 12.8. The Hall–Kier alpha value is -1.27. The van der Waals surface area contributed by atoms with Crippen LogP contribution in [0.4, 0.5) is 0 Å². The van der Waals surface area contributed by atoms with Gasteiger partial charge in [0.2, 0.25) is 0 Å². The lowest BCUT2D eigenvalue weighted by molar-refractivity contribution is 0.0443. The smallest absolute Gasteiger partial charge is 0.338 e. The van der Waals surface area contributed by atoms with Gasteiger partial charge >= 0.3 is 5.97 Å². The first kappa shape index (κ1) is 17.8. The van der Waals surface area contributed by atoms with Crippen LogP contribution in [0.5, 0.6) is 5.75 Å². The molecular weight excluding hydrogens is 316 g/mol. The number of carbonyl (C=O) groups is 1. The molecule has 0 heterocycles. The van der Waals surface area contributed by atoms with Gasteiger partial charge in [0.1, 0.15) is 10.6 Å². The number of methoxy groups -OCH3 is 1. The molecule has 0 N–H and O–H groups in total. The van der Waals surface area contributed by atoms with E-state index in [9.17, 15) is 13.2 Å². The number of hydrogen-bond donors (Lipinski definition) is 0. The Balaban J connectivity index is 2.91. The zero-order valence-electron chi connectivity index (χ0n) is 12.3. The Bertz CT molecular complexity index is 597. The fourth-order valence-corrected chi connectivity index (χ4v) is 2.89. The van der Waals surface area contributed by atoms with Crippen molar-refractivity contribution in [2.24, 2.45) is 5.92 Å². The third-order valence-corrected chi connectivity index (χ3v) is 4.29. The van der Waals surface area contributed by atoms with Crippen LogP contribution in [-0.4, -0.2) is 28.1 Å². The standard InChI is InChI=1S/C14H19ClO5S/c1-4-5-10(2)9-20-14(16)11-6-7-12(19-3)13(8-11)21(15,17)18/h6-8,10H,4-5,9H2,1-3H3. The van der Waals surface area contributed by atoms with Crippen LogP contribution < -0.4 is 4.74 Å². The van der Waals surface area contributed by atoms with Crippen LogP contribution in [0.1, 0.15) is 37.0 Å². The second-order valence-electron chi connectivity index (χ2n) is 4.80. The monoisotopic (exact) mass is 334 g/mol. The van der Waals surface area contributed by atoms with Gasteiger partial charge in [-0.15, -0.1) is 0 Å².